The van der Waals surface area contributed by atoms with E-state index in [2.05, 4.69) is 38.5 Å². The molecule has 1 saturated heterocycles. The molecule has 1 unspecified atom stereocenters. The lowest BCUT2D eigenvalue weighted by Gasteiger charge is -2.26. The first-order valence-electron chi connectivity index (χ1n) is 6.31. The molecule has 2 rings (SSSR count). The normalized spacial score (nSPS) is 23.0. The molecule has 1 aliphatic rings. The van der Waals surface area contributed by atoms with Crippen molar-refractivity contribution in [3.8, 4) is 0 Å². The average Bonchev–Trinajstić information content (AvgIpc) is 2.82. The van der Waals surface area contributed by atoms with Gasteiger partial charge in [-0.15, -0.1) is 0 Å². The Morgan fingerprint density at radius 1 is 1.67 bits per heavy atom. The highest BCUT2D eigenvalue weighted by atomic mass is 79.9. The molecule has 0 aliphatic carbocycles. The van der Waals surface area contributed by atoms with Crippen molar-refractivity contribution in [3.05, 3.63) is 22.9 Å². The van der Waals surface area contributed by atoms with E-state index in [1.165, 1.54) is 0 Å². The zero-order chi connectivity index (χ0) is 13.0. The Morgan fingerprint density at radius 3 is 3.11 bits per heavy atom. The molecule has 0 radical (unpaired) electrons. The Kier molecular flexibility index (Phi) is 4.35. The van der Waals surface area contributed by atoms with Gasteiger partial charge in [-0.05, 0) is 47.4 Å². The smallest absolute Gasteiger partial charge is 0.232 e. The van der Waals surface area contributed by atoms with E-state index in [9.17, 15) is 4.79 Å². The van der Waals surface area contributed by atoms with Crippen LogP contribution >= 0.6 is 15.9 Å². The number of halogens is 1. The number of rotatable bonds is 4. The SMILES string of the molecule is CCCC1(C(=O)Nc2cccnc2Br)CCNC1. The number of hydrogen-bond acceptors (Lipinski definition) is 3. The van der Waals surface area contributed by atoms with Crippen molar-refractivity contribution in [2.45, 2.75) is 26.2 Å². The summed E-state index contributed by atoms with van der Waals surface area (Å²) in [6.07, 6.45) is 4.54. The summed E-state index contributed by atoms with van der Waals surface area (Å²) in [4.78, 5) is 16.6. The first kappa shape index (κ1) is 13.5. The number of nitrogens with zero attached hydrogens (tertiary/aromatic N) is 1. The summed E-state index contributed by atoms with van der Waals surface area (Å²) in [7, 11) is 0. The molecule has 5 heteroatoms. The molecule has 0 bridgehead atoms. The molecule has 1 fully saturated rings. The summed E-state index contributed by atoms with van der Waals surface area (Å²) in [6, 6.07) is 3.68. The average molecular weight is 312 g/mol. The van der Waals surface area contributed by atoms with E-state index >= 15 is 0 Å². The van der Waals surface area contributed by atoms with Gasteiger partial charge in [-0.3, -0.25) is 4.79 Å². The quantitative estimate of drug-likeness (QED) is 0.840. The zero-order valence-corrected chi connectivity index (χ0v) is 12.1. The lowest BCUT2D eigenvalue weighted by molar-refractivity contribution is -0.125. The van der Waals surface area contributed by atoms with Crippen LogP contribution in [0.1, 0.15) is 26.2 Å². The molecule has 2 heterocycles. The minimum atomic E-state index is -0.260. The minimum Gasteiger partial charge on any atom is -0.323 e. The van der Waals surface area contributed by atoms with Crippen LogP contribution in [0.15, 0.2) is 22.9 Å². The fourth-order valence-corrected chi connectivity index (χ4v) is 2.83. The summed E-state index contributed by atoms with van der Waals surface area (Å²) in [5, 5.41) is 6.28. The van der Waals surface area contributed by atoms with E-state index in [1.807, 2.05) is 12.1 Å². The van der Waals surface area contributed by atoms with Crippen LogP contribution in [-0.2, 0) is 4.79 Å². The number of aromatic nitrogens is 1. The van der Waals surface area contributed by atoms with Crippen LogP contribution < -0.4 is 10.6 Å². The van der Waals surface area contributed by atoms with Gasteiger partial charge >= 0.3 is 0 Å². The minimum absolute atomic E-state index is 0.100. The molecule has 2 N–H and O–H groups in total. The fraction of sp³-hybridized carbons (Fsp3) is 0.538. The molecule has 98 valence electrons. The van der Waals surface area contributed by atoms with Gasteiger partial charge in [0.1, 0.15) is 4.60 Å². The van der Waals surface area contributed by atoms with E-state index < -0.39 is 0 Å². The van der Waals surface area contributed by atoms with E-state index in [1.54, 1.807) is 6.20 Å². The van der Waals surface area contributed by atoms with Crippen LogP contribution in [-0.4, -0.2) is 24.0 Å². The Labute approximate surface area is 116 Å². The molecule has 18 heavy (non-hydrogen) atoms. The van der Waals surface area contributed by atoms with Gasteiger partial charge in [0.15, 0.2) is 0 Å². The molecular weight excluding hydrogens is 294 g/mol. The molecule has 1 aliphatic heterocycles. The van der Waals surface area contributed by atoms with Gasteiger partial charge in [-0.1, -0.05) is 13.3 Å². The van der Waals surface area contributed by atoms with Crippen molar-refractivity contribution < 1.29 is 4.79 Å². The summed E-state index contributed by atoms with van der Waals surface area (Å²) < 4.78 is 0.677. The highest BCUT2D eigenvalue weighted by Crippen LogP contribution is 2.33. The van der Waals surface area contributed by atoms with Crippen LogP contribution in [0.4, 0.5) is 5.69 Å². The molecule has 4 nitrogen and oxygen atoms in total. The summed E-state index contributed by atoms with van der Waals surface area (Å²) in [6.45, 7) is 3.81. The second-order valence-electron chi connectivity index (χ2n) is 4.75. The van der Waals surface area contributed by atoms with Gasteiger partial charge < -0.3 is 10.6 Å². The molecule has 1 aromatic heterocycles. The number of amides is 1. The Balaban J connectivity index is 2.13. The lowest BCUT2D eigenvalue weighted by Crippen LogP contribution is -2.38. The number of nitrogens with one attached hydrogen (secondary N) is 2. The second-order valence-corrected chi connectivity index (χ2v) is 5.50. The third-order valence-electron chi connectivity index (χ3n) is 3.46. The van der Waals surface area contributed by atoms with Gasteiger partial charge in [0.2, 0.25) is 5.91 Å². The maximum absolute atomic E-state index is 12.5. The van der Waals surface area contributed by atoms with E-state index in [0.29, 0.717) is 4.60 Å². The van der Waals surface area contributed by atoms with E-state index in [-0.39, 0.29) is 11.3 Å². The standard InChI is InChI=1S/C13H18BrN3O/c1-2-5-13(6-8-15-9-13)12(18)17-10-4-3-7-16-11(10)14/h3-4,7,15H,2,5-6,8-9H2,1H3,(H,17,18). The third kappa shape index (κ3) is 2.72. The van der Waals surface area contributed by atoms with Crippen LogP contribution in [0.3, 0.4) is 0 Å². The maximum atomic E-state index is 12.5. The molecule has 0 aromatic carbocycles. The second kappa shape index (κ2) is 5.80. The maximum Gasteiger partial charge on any atom is 0.232 e. The number of carbonyl (C=O) groups excluding carboxylic acids is 1. The van der Waals surface area contributed by atoms with Gasteiger partial charge in [0, 0.05) is 12.7 Å². The molecule has 0 saturated carbocycles. The van der Waals surface area contributed by atoms with Gasteiger partial charge in [-0.2, -0.15) is 0 Å². The lowest BCUT2D eigenvalue weighted by atomic mass is 9.81. The predicted molar refractivity (Wildman–Crippen MR) is 75.4 cm³/mol. The Bertz CT molecular complexity index is 430. The van der Waals surface area contributed by atoms with Crippen molar-refractivity contribution >= 4 is 27.5 Å². The molecule has 1 aromatic rings. The molecule has 1 atom stereocenters. The summed E-state index contributed by atoms with van der Waals surface area (Å²) >= 11 is 3.35. The first-order chi connectivity index (χ1) is 8.68. The largest absolute Gasteiger partial charge is 0.323 e. The number of carbonyl (C=O) groups is 1. The first-order valence-corrected chi connectivity index (χ1v) is 7.10. The van der Waals surface area contributed by atoms with Crippen molar-refractivity contribution in [2.75, 3.05) is 18.4 Å². The van der Waals surface area contributed by atoms with E-state index in [0.717, 1.165) is 38.0 Å². The van der Waals surface area contributed by atoms with Crippen molar-refractivity contribution in [2.24, 2.45) is 5.41 Å². The Morgan fingerprint density at radius 2 is 2.50 bits per heavy atom. The van der Waals surface area contributed by atoms with Crippen LogP contribution in [0.25, 0.3) is 0 Å². The zero-order valence-electron chi connectivity index (χ0n) is 10.5. The Hall–Kier alpha value is -0.940. The highest BCUT2D eigenvalue weighted by molar-refractivity contribution is 9.10. The predicted octanol–water partition coefficient (Wildman–Crippen LogP) is 2.56. The monoisotopic (exact) mass is 311 g/mol. The highest BCUT2D eigenvalue weighted by Gasteiger charge is 2.40. The molecule has 0 spiro atoms. The topological polar surface area (TPSA) is 54.0 Å². The summed E-state index contributed by atoms with van der Waals surface area (Å²) in [5.74, 6) is 0.100. The van der Waals surface area contributed by atoms with Gasteiger partial charge in [0.25, 0.3) is 0 Å². The number of anilines is 1. The third-order valence-corrected chi connectivity index (χ3v) is 4.09. The number of pyridine rings is 1. The van der Waals surface area contributed by atoms with Crippen molar-refractivity contribution in [1.82, 2.24) is 10.3 Å². The summed E-state index contributed by atoms with van der Waals surface area (Å²) in [5.41, 5.74) is 0.481. The van der Waals surface area contributed by atoms with Crippen LogP contribution in [0, 0.1) is 5.41 Å². The fourth-order valence-electron chi connectivity index (χ4n) is 2.48. The molecule has 1 amide bonds. The number of hydrogen-bond donors (Lipinski definition) is 2. The van der Waals surface area contributed by atoms with Crippen molar-refractivity contribution in [1.29, 1.82) is 0 Å². The molecular formula is C13H18BrN3O. The van der Waals surface area contributed by atoms with Crippen LogP contribution in [0.2, 0.25) is 0 Å². The van der Waals surface area contributed by atoms with Gasteiger partial charge in [-0.25, -0.2) is 4.98 Å². The van der Waals surface area contributed by atoms with Crippen molar-refractivity contribution in [3.63, 3.8) is 0 Å². The van der Waals surface area contributed by atoms with Crippen LogP contribution in [0.5, 0.6) is 0 Å². The van der Waals surface area contributed by atoms with Gasteiger partial charge in [0.05, 0.1) is 11.1 Å². The van der Waals surface area contributed by atoms with E-state index in [4.69, 9.17) is 0 Å².